The third-order valence-electron chi connectivity index (χ3n) is 4.16. The lowest BCUT2D eigenvalue weighted by molar-refractivity contribution is -0.115. The molecule has 2 unspecified atom stereocenters. The van der Waals surface area contributed by atoms with E-state index in [1.165, 1.54) is 0 Å². The minimum absolute atomic E-state index is 0.00727. The van der Waals surface area contributed by atoms with Crippen LogP contribution in [-0.4, -0.2) is 55.2 Å². The van der Waals surface area contributed by atoms with Gasteiger partial charge in [0.15, 0.2) is 0 Å². The molecule has 6 heteroatoms. The monoisotopic (exact) mass is 290 g/mol. The van der Waals surface area contributed by atoms with E-state index >= 15 is 0 Å². The van der Waals surface area contributed by atoms with Crippen molar-refractivity contribution in [3.63, 3.8) is 0 Å². The number of aliphatic hydroxyl groups excluding tert-OH is 1. The second kappa shape index (κ2) is 5.20. The zero-order valence-corrected chi connectivity index (χ0v) is 12.5. The number of nitrogens with zero attached hydrogens (tertiary/aromatic N) is 2. The Morgan fingerprint density at radius 2 is 2.24 bits per heavy atom. The number of aliphatic hydroxyl groups is 1. The number of hydrogen-bond acceptors (Lipinski definition) is 5. The fourth-order valence-corrected chi connectivity index (χ4v) is 3.31. The van der Waals surface area contributed by atoms with E-state index < -0.39 is 0 Å². The van der Waals surface area contributed by atoms with Crippen molar-refractivity contribution in [2.75, 3.05) is 43.1 Å². The summed E-state index contributed by atoms with van der Waals surface area (Å²) in [6.07, 6.45) is 0.794. The van der Waals surface area contributed by atoms with Gasteiger partial charge in [0.05, 0.1) is 23.9 Å². The van der Waals surface area contributed by atoms with Crippen molar-refractivity contribution in [3.8, 4) is 0 Å². The van der Waals surface area contributed by atoms with Crippen LogP contribution in [0.4, 0.5) is 17.1 Å². The second-order valence-corrected chi connectivity index (χ2v) is 6.25. The highest BCUT2D eigenvalue weighted by molar-refractivity contribution is 6.01. The highest BCUT2D eigenvalue weighted by Gasteiger charge is 2.33. The Morgan fingerprint density at radius 3 is 2.95 bits per heavy atom. The number of carbonyl (C=O) groups is 1. The van der Waals surface area contributed by atoms with Crippen LogP contribution in [-0.2, 0) is 11.2 Å². The van der Waals surface area contributed by atoms with Crippen molar-refractivity contribution in [1.82, 2.24) is 4.90 Å². The molecule has 2 atom stereocenters. The summed E-state index contributed by atoms with van der Waals surface area (Å²) in [7, 11) is 4.05. The molecule has 2 heterocycles. The van der Waals surface area contributed by atoms with Gasteiger partial charge in [0, 0.05) is 24.8 Å². The zero-order valence-electron chi connectivity index (χ0n) is 12.5. The average Bonchev–Trinajstić information content (AvgIpc) is 2.89. The first-order chi connectivity index (χ1) is 9.94. The summed E-state index contributed by atoms with van der Waals surface area (Å²) in [6.45, 7) is 1.44. The van der Waals surface area contributed by atoms with E-state index in [-0.39, 0.29) is 18.1 Å². The van der Waals surface area contributed by atoms with Crippen LogP contribution < -0.4 is 16.0 Å². The average molecular weight is 290 g/mol. The molecule has 1 fully saturated rings. The smallest absolute Gasteiger partial charge is 0.228 e. The van der Waals surface area contributed by atoms with Crippen LogP contribution in [0.5, 0.6) is 0 Å². The summed E-state index contributed by atoms with van der Waals surface area (Å²) in [5.41, 5.74) is 9.54. The molecule has 4 N–H and O–H groups in total. The van der Waals surface area contributed by atoms with E-state index in [1.54, 1.807) is 0 Å². The highest BCUT2D eigenvalue weighted by atomic mass is 16.3. The first kappa shape index (κ1) is 14.2. The number of amides is 1. The van der Waals surface area contributed by atoms with Crippen molar-refractivity contribution in [2.45, 2.75) is 25.0 Å². The van der Waals surface area contributed by atoms with Gasteiger partial charge in [-0.15, -0.1) is 0 Å². The first-order valence-electron chi connectivity index (χ1n) is 7.25. The van der Waals surface area contributed by atoms with Crippen LogP contribution in [0.15, 0.2) is 12.1 Å². The topological polar surface area (TPSA) is 81.8 Å². The fraction of sp³-hybridized carbons (Fsp3) is 0.533. The number of likely N-dealkylation sites (N-methyl/N-ethyl adjacent to an activating group) is 1. The second-order valence-electron chi connectivity index (χ2n) is 6.25. The van der Waals surface area contributed by atoms with Crippen molar-refractivity contribution in [3.05, 3.63) is 17.7 Å². The number of anilines is 3. The Bertz CT molecular complexity index is 573. The third-order valence-corrected chi connectivity index (χ3v) is 4.16. The quantitative estimate of drug-likeness (QED) is 0.696. The summed E-state index contributed by atoms with van der Waals surface area (Å²) < 4.78 is 0. The molecule has 0 bridgehead atoms. The summed E-state index contributed by atoms with van der Waals surface area (Å²) in [4.78, 5) is 15.8. The van der Waals surface area contributed by atoms with Crippen LogP contribution in [0.1, 0.15) is 12.0 Å². The standard InChI is InChI=1S/C15H22N4O2/c1-18(2)7-10-5-11(20)8-19(10)14-6-13-9(3-12(14)16)4-15(21)17-13/h3,6,10-11,20H,4-5,7-8,16H2,1-2H3,(H,17,21). The molecule has 3 rings (SSSR count). The van der Waals surface area contributed by atoms with Crippen LogP contribution >= 0.6 is 0 Å². The van der Waals surface area contributed by atoms with Crippen LogP contribution in [0.3, 0.4) is 0 Å². The van der Waals surface area contributed by atoms with Gasteiger partial charge in [-0.1, -0.05) is 0 Å². The van der Waals surface area contributed by atoms with Gasteiger partial charge < -0.3 is 26.0 Å². The van der Waals surface area contributed by atoms with Gasteiger partial charge in [0.25, 0.3) is 0 Å². The normalized spacial score (nSPS) is 24.6. The number of fused-ring (bicyclic) bond motifs is 1. The fourth-order valence-electron chi connectivity index (χ4n) is 3.31. The minimum atomic E-state index is -0.336. The van der Waals surface area contributed by atoms with Gasteiger partial charge >= 0.3 is 0 Å². The Hall–Kier alpha value is -1.79. The van der Waals surface area contributed by atoms with E-state index in [2.05, 4.69) is 15.1 Å². The van der Waals surface area contributed by atoms with Gasteiger partial charge in [-0.05, 0) is 38.2 Å². The summed E-state index contributed by atoms with van der Waals surface area (Å²) in [6, 6.07) is 4.04. The molecule has 2 aliphatic rings. The molecular weight excluding hydrogens is 268 g/mol. The molecule has 0 aliphatic carbocycles. The molecule has 1 aromatic rings. The van der Waals surface area contributed by atoms with Crippen molar-refractivity contribution < 1.29 is 9.90 Å². The summed E-state index contributed by atoms with van der Waals surface area (Å²) in [5, 5.41) is 12.9. The van der Waals surface area contributed by atoms with Crippen LogP contribution in [0, 0.1) is 0 Å². The maximum atomic E-state index is 11.5. The molecule has 1 amide bonds. The Balaban J connectivity index is 1.92. The zero-order chi connectivity index (χ0) is 15.1. The maximum Gasteiger partial charge on any atom is 0.228 e. The molecule has 1 saturated heterocycles. The molecule has 0 saturated carbocycles. The van der Waals surface area contributed by atoms with E-state index in [9.17, 15) is 9.90 Å². The van der Waals surface area contributed by atoms with Crippen molar-refractivity contribution in [2.24, 2.45) is 0 Å². The molecule has 0 radical (unpaired) electrons. The Labute approximate surface area is 124 Å². The molecule has 0 spiro atoms. The number of carbonyl (C=O) groups excluding carboxylic acids is 1. The summed E-state index contributed by atoms with van der Waals surface area (Å²) in [5.74, 6) is 0.00727. The van der Waals surface area contributed by atoms with Gasteiger partial charge in [0.2, 0.25) is 5.91 Å². The minimum Gasteiger partial charge on any atom is -0.397 e. The highest BCUT2D eigenvalue weighted by Crippen LogP contribution is 2.37. The molecule has 114 valence electrons. The molecule has 0 aromatic heterocycles. The largest absolute Gasteiger partial charge is 0.397 e. The number of hydrogen-bond donors (Lipinski definition) is 3. The predicted octanol–water partition coefficient (Wildman–Crippen LogP) is 0.265. The van der Waals surface area contributed by atoms with Crippen LogP contribution in [0.25, 0.3) is 0 Å². The Morgan fingerprint density at radius 1 is 1.48 bits per heavy atom. The van der Waals surface area contributed by atoms with Gasteiger partial charge in [0.1, 0.15) is 0 Å². The van der Waals surface area contributed by atoms with E-state index in [4.69, 9.17) is 5.73 Å². The maximum absolute atomic E-state index is 11.5. The molecule has 6 nitrogen and oxygen atoms in total. The number of nitrogens with two attached hydrogens (primary N) is 1. The predicted molar refractivity (Wildman–Crippen MR) is 83.5 cm³/mol. The van der Waals surface area contributed by atoms with E-state index in [1.807, 2.05) is 26.2 Å². The van der Waals surface area contributed by atoms with E-state index in [0.717, 1.165) is 29.9 Å². The lowest BCUT2D eigenvalue weighted by atomic mass is 10.1. The Kier molecular flexibility index (Phi) is 3.51. The van der Waals surface area contributed by atoms with Crippen LogP contribution in [0.2, 0.25) is 0 Å². The third kappa shape index (κ3) is 2.69. The molecule has 21 heavy (non-hydrogen) atoms. The number of rotatable bonds is 3. The van der Waals surface area contributed by atoms with Gasteiger partial charge in [-0.3, -0.25) is 4.79 Å². The lowest BCUT2D eigenvalue weighted by Crippen LogP contribution is -2.38. The van der Waals surface area contributed by atoms with E-state index in [0.29, 0.717) is 18.7 Å². The lowest BCUT2D eigenvalue weighted by Gasteiger charge is -2.30. The molecule has 2 aliphatic heterocycles. The molecule has 1 aromatic carbocycles. The van der Waals surface area contributed by atoms with Crippen molar-refractivity contribution in [1.29, 1.82) is 0 Å². The first-order valence-corrected chi connectivity index (χ1v) is 7.25. The van der Waals surface area contributed by atoms with Gasteiger partial charge in [-0.25, -0.2) is 0 Å². The van der Waals surface area contributed by atoms with Gasteiger partial charge in [-0.2, -0.15) is 0 Å². The number of nitrogens with one attached hydrogen (secondary N) is 1. The number of β-amino-alcohol motifs (C(OH)–C–C–N with tert-alkyl or cyclic N) is 1. The molecular formula is C15H22N4O2. The van der Waals surface area contributed by atoms with Crippen molar-refractivity contribution >= 4 is 23.0 Å². The summed E-state index contributed by atoms with van der Waals surface area (Å²) >= 11 is 0. The number of benzene rings is 1. The SMILES string of the molecule is CN(C)CC1CC(O)CN1c1cc2c(cc1N)CC(=O)N2. The number of nitrogen functional groups attached to an aromatic ring is 1.